The molecule has 13 heavy (non-hydrogen) atoms. The van der Waals surface area contributed by atoms with Gasteiger partial charge in [-0.05, 0) is 18.8 Å². The molecule has 74 valence electrons. The summed E-state index contributed by atoms with van der Waals surface area (Å²) in [6.45, 7) is 14.8. The smallest absolute Gasteiger partial charge is 0.0146 e. The average molecular weight is 178 g/mol. The molecule has 0 spiro atoms. The van der Waals surface area contributed by atoms with E-state index in [2.05, 4.69) is 53.0 Å². The van der Waals surface area contributed by atoms with E-state index in [9.17, 15) is 0 Å². The van der Waals surface area contributed by atoms with Crippen molar-refractivity contribution in [3.05, 3.63) is 12.2 Å². The van der Waals surface area contributed by atoms with Crippen molar-refractivity contribution in [2.45, 2.75) is 41.0 Å². The van der Waals surface area contributed by atoms with Gasteiger partial charge in [0, 0.05) is 12.3 Å². The highest BCUT2D eigenvalue weighted by molar-refractivity contribution is 5.05. The van der Waals surface area contributed by atoms with Gasteiger partial charge in [0.1, 0.15) is 0 Å². The summed E-state index contributed by atoms with van der Waals surface area (Å²) in [6, 6.07) is 0. The molecule has 0 rings (SSSR count). The molecule has 0 heterocycles. The monoisotopic (exact) mass is 178 g/mol. The minimum absolute atomic E-state index is 0.493. The molecule has 0 aliphatic heterocycles. The summed E-state index contributed by atoms with van der Waals surface area (Å²) in [5, 5.41) is 0. The van der Waals surface area contributed by atoms with Crippen LogP contribution in [-0.4, -0.2) is 0 Å². The highest BCUT2D eigenvalue weighted by Crippen LogP contribution is 2.20. The van der Waals surface area contributed by atoms with Gasteiger partial charge in [0.15, 0.2) is 0 Å². The van der Waals surface area contributed by atoms with E-state index in [0.29, 0.717) is 17.8 Å². The van der Waals surface area contributed by atoms with Crippen molar-refractivity contribution < 1.29 is 0 Å². The maximum atomic E-state index is 3.97. The predicted octanol–water partition coefficient (Wildman–Crippen LogP) is 3.88. The van der Waals surface area contributed by atoms with Crippen LogP contribution in [0.15, 0.2) is 12.2 Å². The van der Waals surface area contributed by atoms with Gasteiger partial charge in [0.2, 0.25) is 0 Å². The van der Waals surface area contributed by atoms with Gasteiger partial charge in [-0.1, -0.05) is 39.8 Å². The van der Waals surface area contributed by atoms with Crippen LogP contribution in [0.3, 0.4) is 0 Å². The fourth-order valence-corrected chi connectivity index (χ4v) is 1.09. The molecule has 2 unspecified atom stereocenters. The van der Waals surface area contributed by atoms with Gasteiger partial charge in [-0.15, -0.1) is 11.8 Å². The number of hydrogen-bond acceptors (Lipinski definition) is 0. The molecule has 0 aromatic carbocycles. The number of allylic oxidation sites excluding steroid dienone is 1. The summed E-state index contributed by atoms with van der Waals surface area (Å²) in [6.07, 6.45) is 0.992. The van der Waals surface area contributed by atoms with Gasteiger partial charge < -0.3 is 0 Å². The third-order valence-electron chi connectivity index (χ3n) is 2.45. The van der Waals surface area contributed by atoms with E-state index in [1.165, 1.54) is 5.57 Å². The molecule has 0 heteroatoms. The molecule has 0 aromatic heterocycles. The summed E-state index contributed by atoms with van der Waals surface area (Å²) in [5.74, 6) is 8.13. The fraction of sp³-hybridized carbons (Fsp3) is 0.692. The molecule has 0 saturated heterocycles. The van der Waals surface area contributed by atoms with Gasteiger partial charge in [-0.2, -0.15) is 0 Å². The lowest BCUT2D eigenvalue weighted by Gasteiger charge is -2.17. The van der Waals surface area contributed by atoms with Crippen molar-refractivity contribution in [3.8, 4) is 11.8 Å². The first-order chi connectivity index (χ1) is 5.95. The Morgan fingerprint density at radius 3 is 2.15 bits per heavy atom. The molecule has 0 amide bonds. The Morgan fingerprint density at radius 2 is 1.77 bits per heavy atom. The first-order valence-electron chi connectivity index (χ1n) is 5.09. The molecule has 0 nitrogen and oxygen atoms in total. The van der Waals surface area contributed by atoms with Crippen LogP contribution in [0.1, 0.15) is 41.0 Å². The molecule has 0 fully saturated rings. The summed E-state index contributed by atoms with van der Waals surface area (Å²) in [4.78, 5) is 0. The standard InChI is InChI=1S/C13H22/c1-10(2)8-7-9-12(5)13(6)11(3)4/h10,12-13H,3,9H2,1-2,4-6H3. The van der Waals surface area contributed by atoms with Crippen LogP contribution in [0.2, 0.25) is 0 Å². The normalized spacial score (nSPS) is 14.6. The van der Waals surface area contributed by atoms with E-state index >= 15 is 0 Å². The molecular weight excluding hydrogens is 156 g/mol. The lowest BCUT2D eigenvalue weighted by molar-refractivity contribution is 0.451. The molecular formula is C13H22. The molecule has 0 bridgehead atoms. The van der Waals surface area contributed by atoms with Crippen LogP contribution in [0.5, 0.6) is 0 Å². The third kappa shape index (κ3) is 5.53. The highest BCUT2D eigenvalue weighted by Gasteiger charge is 2.10. The lowest BCUT2D eigenvalue weighted by atomic mass is 9.88. The Balaban J connectivity index is 3.96. The highest BCUT2D eigenvalue weighted by atomic mass is 14.1. The van der Waals surface area contributed by atoms with Gasteiger partial charge in [0.05, 0.1) is 0 Å². The molecule has 0 radical (unpaired) electrons. The second-order valence-corrected chi connectivity index (χ2v) is 4.29. The van der Waals surface area contributed by atoms with Gasteiger partial charge >= 0.3 is 0 Å². The zero-order chi connectivity index (χ0) is 10.4. The first-order valence-corrected chi connectivity index (χ1v) is 5.09. The summed E-state index contributed by atoms with van der Waals surface area (Å²) < 4.78 is 0. The van der Waals surface area contributed by atoms with E-state index < -0.39 is 0 Å². The van der Waals surface area contributed by atoms with Crippen LogP contribution in [0.4, 0.5) is 0 Å². The zero-order valence-electron chi connectivity index (χ0n) is 9.65. The van der Waals surface area contributed by atoms with Crippen molar-refractivity contribution in [3.63, 3.8) is 0 Å². The van der Waals surface area contributed by atoms with Crippen molar-refractivity contribution in [2.24, 2.45) is 17.8 Å². The average Bonchev–Trinajstić information content (AvgIpc) is 2.02. The zero-order valence-corrected chi connectivity index (χ0v) is 9.65. The van der Waals surface area contributed by atoms with E-state index in [4.69, 9.17) is 0 Å². The Bertz CT molecular complexity index is 212. The van der Waals surface area contributed by atoms with Crippen molar-refractivity contribution in [2.75, 3.05) is 0 Å². The molecule has 0 aromatic rings. The minimum atomic E-state index is 0.493. The maximum Gasteiger partial charge on any atom is 0.0146 e. The summed E-state index contributed by atoms with van der Waals surface area (Å²) in [5.41, 5.74) is 1.26. The molecule has 0 N–H and O–H groups in total. The minimum Gasteiger partial charge on any atom is -0.103 e. The lowest BCUT2D eigenvalue weighted by Crippen LogP contribution is -2.07. The fourth-order valence-electron chi connectivity index (χ4n) is 1.09. The van der Waals surface area contributed by atoms with Crippen molar-refractivity contribution in [1.82, 2.24) is 0 Å². The summed E-state index contributed by atoms with van der Waals surface area (Å²) in [7, 11) is 0. The van der Waals surface area contributed by atoms with Crippen LogP contribution in [0.25, 0.3) is 0 Å². The largest absolute Gasteiger partial charge is 0.103 e. The van der Waals surface area contributed by atoms with Gasteiger partial charge in [-0.3, -0.25) is 0 Å². The second-order valence-electron chi connectivity index (χ2n) is 4.29. The van der Waals surface area contributed by atoms with Crippen LogP contribution < -0.4 is 0 Å². The van der Waals surface area contributed by atoms with E-state index in [1.54, 1.807) is 0 Å². The van der Waals surface area contributed by atoms with E-state index in [-0.39, 0.29) is 0 Å². The number of rotatable bonds is 3. The van der Waals surface area contributed by atoms with E-state index in [1.807, 2.05) is 0 Å². The molecule has 0 aliphatic carbocycles. The molecule has 0 saturated carbocycles. The maximum absolute atomic E-state index is 3.97. The Hall–Kier alpha value is -0.700. The Labute approximate surface area is 83.4 Å². The Kier molecular flexibility index (Phi) is 5.55. The van der Waals surface area contributed by atoms with Crippen LogP contribution >= 0.6 is 0 Å². The number of hydrogen-bond donors (Lipinski definition) is 0. The predicted molar refractivity (Wildman–Crippen MR) is 60.4 cm³/mol. The SMILES string of the molecule is C=C(C)C(C)C(C)CC#CC(C)C. The Morgan fingerprint density at radius 1 is 1.23 bits per heavy atom. The van der Waals surface area contributed by atoms with Gasteiger partial charge in [0.25, 0.3) is 0 Å². The quantitative estimate of drug-likeness (QED) is 0.454. The second kappa shape index (κ2) is 5.86. The van der Waals surface area contributed by atoms with Gasteiger partial charge in [-0.25, -0.2) is 0 Å². The first kappa shape index (κ1) is 12.3. The molecule has 2 atom stereocenters. The van der Waals surface area contributed by atoms with E-state index in [0.717, 1.165) is 6.42 Å². The van der Waals surface area contributed by atoms with Crippen LogP contribution in [0, 0.1) is 29.6 Å². The summed E-state index contributed by atoms with van der Waals surface area (Å²) >= 11 is 0. The van der Waals surface area contributed by atoms with Crippen molar-refractivity contribution >= 4 is 0 Å². The third-order valence-corrected chi connectivity index (χ3v) is 2.45. The topological polar surface area (TPSA) is 0 Å². The van der Waals surface area contributed by atoms with Crippen LogP contribution in [-0.2, 0) is 0 Å². The molecule has 0 aliphatic rings. The van der Waals surface area contributed by atoms with Crippen molar-refractivity contribution in [1.29, 1.82) is 0 Å².